The van der Waals surface area contributed by atoms with Crippen molar-refractivity contribution in [2.24, 2.45) is 5.73 Å². The lowest BCUT2D eigenvalue weighted by Gasteiger charge is -2.15. The molecule has 1 fully saturated rings. The van der Waals surface area contributed by atoms with Crippen molar-refractivity contribution in [2.75, 3.05) is 19.6 Å². The van der Waals surface area contributed by atoms with Crippen LogP contribution in [0.1, 0.15) is 11.5 Å². The standard InChI is InChI=1S/C12H14F2N2O2/c13-9-2-1-7(3-10(9)14)8-4-16(5-11(8)15)6-12(17)18/h1-3,8,11H,4-6,15H2,(H,17,18)/t8-,11+/m0/s1. The Bertz CT molecular complexity index is 467. The number of halogens is 2. The molecule has 0 aromatic heterocycles. The van der Waals surface area contributed by atoms with E-state index in [0.29, 0.717) is 18.7 Å². The van der Waals surface area contributed by atoms with Gasteiger partial charge in [0.05, 0.1) is 6.54 Å². The summed E-state index contributed by atoms with van der Waals surface area (Å²) in [6, 6.07) is 3.42. The van der Waals surface area contributed by atoms with Gasteiger partial charge < -0.3 is 10.8 Å². The highest BCUT2D eigenvalue weighted by Gasteiger charge is 2.32. The Morgan fingerprint density at radius 1 is 1.39 bits per heavy atom. The molecule has 2 rings (SSSR count). The summed E-state index contributed by atoms with van der Waals surface area (Å²) >= 11 is 0. The van der Waals surface area contributed by atoms with E-state index in [0.717, 1.165) is 12.1 Å². The molecule has 4 nitrogen and oxygen atoms in total. The lowest BCUT2D eigenvalue weighted by atomic mass is 9.95. The quantitative estimate of drug-likeness (QED) is 0.838. The van der Waals surface area contributed by atoms with Gasteiger partial charge in [0.2, 0.25) is 0 Å². The minimum absolute atomic E-state index is 0.0894. The largest absolute Gasteiger partial charge is 0.480 e. The number of aliphatic carboxylic acids is 1. The molecule has 0 unspecified atom stereocenters. The monoisotopic (exact) mass is 256 g/mol. The molecule has 1 aliphatic rings. The molecule has 1 aromatic carbocycles. The van der Waals surface area contributed by atoms with Crippen LogP contribution >= 0.6 is 0 Å². The van der Waals surface area contributed by atoms with E-state index in [4.69, 9.17) is 10.8 Å². The average Bonchev–Trinajstić information content (AvgIpc) is 2.62. The van der Waals surface area contributed by atoms with E-state index in [-0.39, 0.29) is 18.5 Å². The summed E-state index contributed by atoms with van der Waals surface area (Å²) in [5.74, 6) is -2.89. The molecule has 0 radical (unpaired) electrons. The van der Waals surface area contributed by atoms with Gasteiger partial charge >= 0.3 is 5.97 Å². The number of carbonyl (C=O) groups is 1. The third-order valence-corrected chi connectivity index (χ3v) is 3.17. The van der Waals surface area contributed by atoms with Gasteiger partial charge in [-0.05, 0) is 17.7 Å². The molecule has 3 N–H and O–H groups in total. The molecule has 1 aliphatic heterocycles. The molecule has 1 aromatic rings. The second kappa shape index (κ2) is 4.99. The van der Waals surface area contributed by atoms with Crippen LogP contribution in [-0.2, 0) is 4.79 Å². The van der Waals surface area contributed by atoms with Gasteiger partial charge in [-0.25, -0.2) is 8.78 Å². The Morgan fingerprint density at radius 3 is 2.72 bits per heavy atom. The van der Waals surface area contributed by atoms with Crippen LogP contribution in [0, 0.1) is 11.6 Å². The Hall–Kier alpha value is -1.53. The summed E-state index contributed by atoms with van der Waals surface area (Å²) in [6.07, 6.45) is 0. The van der Waals surface area contributed by atoms with E-state index in [9.17, 15) is 13.6 Å². The molecule has 0 aliphatic carbocycles. The first kappa shape index (κ1) is 12.9. The maximum absolute atomic E-state index is 13.1. The lowest BCUT2D eigenvalue weighted by molar-refractivity contribution is -0.138. The van der Waals surface area contributed by atoms with Crippen molar-refractivity contribution < 1.29 is 18.7 Å². The zero-order chi connectivity index (χ0) is 13.3. The predicted molar refractivity (Wildman–Crippen MR) is 61.2 cm³/mol. The number of benzene rings is 1. The van der Waals surface area contributed by atoms with Crippen LogP contribution in [0.25, 0.3) is 0 Å². The minimum atomic E-state index is -0.923. The molecule has 18 heavy (non-hydrogen) atoms. The molecular weight excluding hydrogens is 242 g/mol. The van der Waals surface area contributed by atoms with E-state index in [1.54, 1.807) is 4.90 Å². The summed E-state index contributed by atoms with van der Waals surface area (Å²) in [7, 11) is 0. The second-order valence-corrected chi connectivity index (χ2v) is 4.53. The number of nitrogens with zero attached hydrogens (tertiary/aromatic N) is 1. The zero-order valence-electron chi connectivity index (χ0n) is 9.64. The van der Waals surface area contributed by atoms with E-state index < -0.39 is 17.6 Å². The fourth-order valence-electron chi connectivity index (χ4n) is 2.33. The summed E-state index contributed by atoms with van der Waals surface area (Å²) in [6.45, 7) is 0.794. The summed E-state index contributed by atoms with van der Waals surface area (Å²) in [5.41, 5.74) is 6.52. The van der Waals surface area contributed by atoms with Crippen LogP contribution in [0.5, 0.6) is 0 Å². The highest BCUT2D eigenvalue weighted by molar-refractivity contribution is 5.69. The summed E-state index contributed by atoms with van der Waals surface area (Å²) in [4.78, 5) is 12.3. The third kappa shape index (κ3) is 2.65. The van der Waals surface area contributed by atoms with Gasteiger partial charge in [0.25, 0.3) is 0 Å². The van der Waals surface area contributed by atoms with Crippen molar-refractivity contribution >= 4 is 5.97 Å². The van der Waals surface area contributed by atoms with Crippen molar-refractivity contribution in [1.29, 1.82) is 0 Å². The van der Waals surface area contributed by atoms with Gasteiger partial charge in [-0.3, -0.25) is 9.69 Å². The first-order valence-electron chi connectivity index (χ1n) is 5.62. The van der Waals surface area contributed by atoms with Crippen LogP contribution in [0.4, 0.5) is 8.78 Å². The van der Waals surface area contributed by atoms with Crippen molar-refractivity contribution in [1.82, 2.24) is 4.90 Å². The number of hydrogen-bond donors (Lipinski definition) is 2. The van der Waals surface area contributed by atoms with E-state index in [2.05, 4.69) is 0 Å². The number of hydrogen-bond acceptors (Lipinski definition) is 3. The van der Waals surface area contributed by atoms with Crippen LogP contribution in [0.2, 0.25) is 0 Å². The molecular formula is C12H14F2N2O2. The number of carboxylic acid groups (broad SMARTS) is 1. The number of nitrogens with two attached hydrogens (primary N) is 1. The lowest BCUT2D eigenvalue weighted by Crippen LogP contribution is -2.31. The Morgan fingerprint density at radius 2 is 2.11 bits per heavy atom. The second-order valence-electron chi connectivity index (χ2n) is 4.53. The maximum atomic E-state index is 13.1. The molecule has 0 amide bonds. The van der Waals surface area contributed by atoms with E-state index in [1.807, 2.05) is 0 Å². The van der Waals surface area contributed by atoms with Crippen LogP contribution in [0.15, 0.2) is 18.2 Å². The number of rotatable bonds is 3. The molecule has 98 valence electrons. The fraction of sp³-hybridized carbons (Fsp3) is 0.417. The SMILES string of the molecule is N[C@@H]1CN(CC(=O)O)C[C@H]1c1ccc(F)c(F)c1. The van der Waals surface area contributed by atoms with Crippen LogP contribution < -0.4 is 5.73 Å². The van der Waals surface area contributed by atoms with Gasteiger partial charge in [0.1, 0.15) is 0 Å². The fourth-order valence-corrected chi connectivity index (χ4v) is 2.33. The predicted octanol–water partition coefficient (Wildman–Crippen LogP) is 0.776. The number of carboxylic acids is 1. The topological polar surface area (TPSA) is 66.6 Å². The highest BCUT2D eigenvalue weighted by atomic mass is 19.2. The van der Waals surface area contributed by atoms with Crippen molar-refractivity contribution in [3.63, 3.8) is 0 Å². The molecule has 1 saturated heterocycles. The molecule has 1 heterocycles. The van der Waals surface area contributed by atoms with Crippen LogP contribution in [-0.4, -0.2) is 41.7 Å². The summed E-state index contributed by atoms with van der Waals surface area (Å²) in [5, 5.41) is 8.71. The maximum Gasteiger partial charge on any atom is 0.317 e. The Balaban J connectivity index is 2.13. The van der Waals surface area contributed by atoms with Gasteiger partial charge in [-0.2, -0.15) is 0 Å². The number of likely N-dealkylation sites (tertiary alicyclic amines) is 1. The van der Waals surface area contributed by atoms with E-state index >= 15 is 0 Å². The molecule has 6 heteroatoms. The first-order valence-corrected chi connectivity index (χ1v) is 5.62. The highest BCUT2D eigenvalue weighted by Crippen LogP contribution is 2.27. The summed E-state index contributed by atoms with van der Waals surface area (Å²) < 4.78 is 26.0. The average molecular weight is 256 g/mol. The normalized spacial score (nSPS) is 24.4. The third-order valence-electron chi connectivity index (χ3n) is 3.17. The minimum Gasteiger partial charge on any atom is -0.480 e. The zero-order valence-corrected chi connectivity index (χ0v) is 9.64. The van der Waals surface area contributed by atoms with Gasteiger partial charge in [-0.15, -0.1) is 0 Å². The van der Waals surface area contributed by atoms with Gasteiger partial charge in [0, 0.05) is 25.0 Å². The van der Waals surface area contributed by atoms with Gasteiger partial charge in [-0.1, -0.05) is 6.07 Å². The van der Waals surface area contributed by atoms with Crippen molar-refractivity contribution in [3.8, 4) is 0 Å². The Labute approximate surface area is 103 Å². The van der Waals surface area contributed by atoms with Crippen molar-refractivity contribution in [3.05, 3.63) is 35.4 Å². The van der Waals surface area contributed by atoms with E-state index in [1.165, 1.54) is 6.07 Å². The van der Waals surface area contributed by atoms with Crippen molar-refractivity contribution in [2.45, 2.75) is 12.0 Å². The molecule has 2 atom stereocenters. The smallest absolute Gasteiger partial charge is 0.317 e. The molecule has 0 bridgehead atoms. The Kier molecular flexibility index (Phi) is 3.58. The van der Waals surface area contributed by atoms with Gasteiger partial charge in [0.15, 0.2) is 11.6 Å². The molecule has 0 saturated carbocycles. The first-order chi connectivity index (χ1) is 8.47. The molecule has 0 spiro atoms. The van der Waals surface area contributed by atoms with Crippen LogP contribution in [0.3, 0.4) is 0 Å².